The Morgan fingerprint density at radius 1 is 1.26 bits per heavy atom. The molecule has 0 bridgehead atoms. The van der Waals surface area contributed by atoms with E-state index < -0.39 is 0 Å². The number of fused-ring (bicyclic) bond motifs is 1. The second-order valence-electron chi connectivity index (χ2n) is 7.51. The first kappa shape index (κ1) is 17.5. The normalized spacial score (nSPS) is 22.5. The molecule has 2 N–H and O–H groups in total. The Morgan fingerprint density at radius 3 is 2.74 bits per heavy atom. The second-order valence-corrected chi connectivity index (χ2v) is 7.51. The minimum Gasteiger partial charge on any atom is -0.497 e. The van der Waals surface area contributed by atoms with Crippen molar-refractivity contribution in [3.63, 3.8) is 0 Å². The third-order valence-corrected chi connectivity index (χ3v) is 5.97. The number of aromatic nitrogens is 3. The van der Waals surface area contributed by atoms with Gasteiger partial charge in [-0.15, -0.1) is 0 Å². The number of nitrogens with zero attached hydrogens (tertiary/aromatic N) is 3. The number of benzene rings is 1. The molecular formula is C21H25N5O. The van der Waals surface area contributed by atoms with Crippen molar-refractivity contribution in [2.24, 2.45) is 11.8 Å². The van der Waals surface area contributed by atoms with Gasteiger partial charge in [0, 0.05) is 17.8 Å². The van der Waals surface area contributed by atoms with Crippen LogP contribution in [0.4, 0.5) is 5.82 Å². The fourth-order valence-electron chi connectivity index (χ4n) is 4.05. The van der Waals surface area contributed by atoms with Crippen LogP contribution in [-0.4, -0.2) is 27.7 Å². The van der Waals surface area contributed by atoms with Crippen LogP contribution < -0.4 is 10.1 Å². The number of anilines is 1. The van der Waals surface area contributed by atoms with E-state index in [0.717, 1.165) is 29.2 Å². The van der Waals surface area contributed by atoms with E-state index in [1.54, 1.807) is 13.3 Å². The van der Waals surface area contributed by atoms with Gasteiger partial charge in [0.05, 0.1) is 7.11 Å². The van der Waals surface area contributed by atoms with Gasteiger partial charge in [-0.1, -0.05) is 26.7 Å². The summed E-state index contributed by atoms with van der Waals surface area (Å²) >= 11 is 0. The van der Waals surface area contributed by atoms with Crippen molar-refractivity contribution >= 4 is 11.5 Å². The Hall–Kier alpha value is -2.94. The van der Waals surface area contributed by atoms with Gasteiger partial charge in [-0.2, -0.15) is 5.26 Å². The topological polar surface area (TPSA) is 78.1 Å². The number of ether oxygens (including phenoxy) is 1. The van der Waals surface area contributed by atoms with Crippen LogP contribution in [-0.2, 0) is 0 Å². The first-order valence-electron chi connectivity index (χ1n) is 9.53. The second kappa shape index (κ2) is 6.99. The standard InChI is InChI=1S/C21H25N5O/c1-13-5-4-6-18(14(13)2)24-21-19(15-7-9-17(27-3)10-8-15)25-20-16(11-22)12-23-26(20)21/h7-10,12-14,18,23-24H,4-6H2,1-3H3/t13-,14+,18+/m0/s1. The van der Waals surface area contributed by atoms with Crippen molar-refractivity contribution in [1.29, 1.82) is 5.26 Å². The predicted octanol–water partition coefficient (Wildman–Crippen LogP) is 4.45. The smallest absolute Gasteiger partial charge is 0.173 e. The zero-order chi connectivity index (χ0) is 19.0. The number of nitriles is 1. The molecule has 6 heteroatoms. The molecule has 1 aromatic carbocycles. The van der Waals surface area contributed by atoms with Crippen LogP contribution in [0.3, 0.4) is 0 Å². The highest BCUT2D eigenvalue weighted by Gasteiger charge is 2.29. The van der Waals surface area contributed by atoms with E-state index >= 15 is 0 Å². The summed E-state index contributed by atoms with van der Waals surface area (Å²) in [5.41, 5.74) is 3.05. The fraction of sp³-hybridized carbons (Fsp3) is 0.429. The van der Waals surface area contributed by atoms with E-state index in [-0.39, 0.29) is 0 Å². The molecule has 3 atom stereocenters. The van der Waals surface area contributed by atoms with Crippen molar-refractivity contribution in [2.75, 3.05) is 12.4 Å². The lowest BCUT2D eigenvalue weighted by Crippen LogP contribution is -2.35. The Labute approximate surface area is 159 Å². The van der Waals surface area contributed by atoms with E-state index in [9.17, 15) is 5.26 Å². The van der Waals surface area contributed by atoms with Gasteiger partial charge in [-0.25, -0.2) is 9.50 Å². The van der Waals surface area contributed by atoms with E-state index in [1.165, 1.54) is 12.8 Å². The number of H-pyrrole nitrogens is 1. The number of rotatable bonds is 4. The maximum Gasteiger partial charge on any atom is 0.173 e. The summed E-state index contributed by atoms with van der Waals surface area (Å²) in [6.07, 6.45) is 5.37. The molecule has 0 saturated heterocycles. The van der Waals surface area contributed by atoms with E-state index in [0.29, 0.717) is 29.1 Å². The molecular weight excluding hydrogens is 338 g/mol. The molecule has 4 rings (SSSR count). The highest BCUT2D eigenvalue weighted by atomic mass is 16.5. The van der Waals surface area contributed by atoms with Crippen LogP contribution in [0, 0.1) is 23.2 Å². The van der Waals surface area contributed by atoms with E-state index in [2.05, 4.69) is 30.3 Å². The van der Waals surface area contributed by atoms with Crippen LogP contribution in [0.2, 0.25) is 0 Å². The molecule has 1 fully saturated rings. The largest absolute Gasteiger partial charge is 0.497 e. The highest BCUT2D eigenvalue weighted by Crippen LogP contribution is 2.36. The quantitative estimate of drug-likeness (QED) is 0.718. The first-order valence-corrected chi connectivity index (χ1v) is 9.53. The average molecular weight is 363 g/mol. The van der Waals surface area contributed by atoms with Gasteiger partial charge >= 0.3 is 0 Å². The monoisotopic (exact) mass is 363 g/mol. The minimum atomic E-state index is 0.388. The number of imidazole rings is 1. The van der Waals surface area contributed by atoms with Gasteiger partial charge in [-0.3, -0.25) is 5.10 Å². The Balaban J connectivity index is 1.79. The molecule has 2 heterocycles. The fourth-order valence-corrected chi connectivity index (χ4v) is 4.05. The predicted molar refractivity (Wildman–Crippen MR) is 106 cm³/mol. The summed E-state index contributed by atoms with van der Waals surface area (Å²) in [5, 5.41) is 16.3. The molecule has 1 saturated carbocycles. The van der Waals surface area contributed by atoms with Crippen molar-refractivity contribution < 1.29 is 4.74 Å². The minimum absolute atomic E-state index is 0.388. The molecule has 27 heavy (non-hydrogen) atoms. The molecule has 0 amide bonds. The zero-order valence-corrected chi connectivity index (χ0v) is 16.0. The SMILES string of the molecule is COc1ccc(-c2nc3c(C#N)c[nH]n3c2N[C@@H]2CCC[C@H](C)[C@H]2C)cc1. The van der Waals surface area contributed by atoms with Crippen LogP contribution in [0.1, 0.15) is 38.7 Å². The van der Waals surface area contributed by atoms with Crippen LogP contribution in [0.5, 0.6) is 5.75 Å². The number of nitrogens with one attached hydrogen (secondary N) is 2. The van der Waals surface area contributed by atoms with Crippen LogP contribution in [0.25, 0.3) is 16.9 Å². The lowest BCUT2D eigenvalue weighted by molar-refractivity contribution is 0.252. The number of hydrogen-bond acceptors (Lipinski definition) is 4. The maximum absolute atomic E-state index is 9.40. The molecule has 0 unspecified atom stereocenters. The molecule has 0 radical (unpaired) electrons. The van der Waals surface area contributed by atoms with E-state index in [1.807, 2.05) is 28.8 Å². The zero-order valence-electron chi connectivity index (χ0n) is 16.0. The lowest BCUT2D eigenvalue weighted by Gasteiger charge is -2.35. The van der Waals surface area contributed by atoms with Crippen molar-refractivity contribution in [2.45, 2.75) is 39.2 Å². The van der Waals surface area contributed by atoms with Gasteiger partial charge in [0.1, 0.15) is 23.1 Å². The molecule has 1 aliphatic carbocycles. The van der Waals surface area contributed by atoms with Gasteiger partial charge in [0.15, 0.2) is 11.5 Å². The van der Waals surface area contributed by atoms with Crippen LogP contribution >= 0.6 is 0 Å². The molecule has 0 spiro atoms. The summed E-state index contributed by atoms with van der Waals surface area (Å²) in [7, 11) is 1.66. The number of aromatic amines is 1. The van der Waals surface area contributed by atoms with Crippen LogP contribution in [0.15, 0.2) is 30.5 Å². The summed E-state index contributed by atoms with van der Waals surface area (Å²) in [4.78, 5) is 4.78. The van der Waals surface area contributed by atoms with Crippen molar-refractivity contribution in [3.8, 4) is 23.1 Å². The summed E-state index contributed by atoms with van der Waals surface area (Å²) in [6.45, 7) is 4.65. The third kappa shape index (κ3) is 3.03. The van der Waals surface area contributed by atoms with Gasteiger partial charge in [0.25, 0.3) is 0 Å². The molecule has 1 aliphatic rings. The Kier molecular flexibility index (Phi) is 4.53. The van der Waals surface area contributed by atoms with Gasteiger partial charge in [-0.05, 0) is 42.5 Å². The van der Waals surface area contributed by atoms with Gasteiger partial charge in [0.2, 0.25) is 0 Å². The molecule has 140 valence electrons. The van der Waals surface area contributed by atoms with E-state index in [4.69, 9.17) is 9.72 Å². The van der Waals surface area contributed by atoms with Crippen molar-refractivity contribution in [1.82, 2.24) is 14.6 Å². The summed E-state index contributed by atoms with van der Waals surface area (Å²) < 4.78 is 7.17. The number of hydrogen-bond donors (Lipinski definition) is 2. The first-order chi connectivity index (χ1) is 13.1. The Morgan fingerprint density at radius 2 is 2.04 bits per heavy atom. The summed E-state index contributed by atoms with van der Waals surface area (Å²) in [5.74, 6) is 3.01. The highest BCUT2D eigenvalue weighted by molar-refractivity contribution is 5.78. The molecule has 0 aliphatic heterocycles. The maximum atomic E-state index is 9.40. The number of methoxy groups -OCH3 is 1. The lowest BCUT2D eigenvalue weighted by atomic mass is 9.78. The molecule has 6 nitrogen and oxygen atoms in total. The molecule has 2 aromatic heterocycles. The molecule has 3 aromatic rings. The summed E-state index contributed by atoms with van der Waals surface area (Å²) in [6, 6.07) is 10.5. The Bertz CT molecular complexity index is 979. The van der Waals surface area contributed by atoms with Gasteiger partial charge < -0.3 is 10.1 Å². The van der Waals surface area contributed by atoms with Crippen molar-refractivity contribution in [3.05, 3.63) is 36.0 Å². The average Bonchev–Trinajstić information content (AvgIpc) is 3.25. The third-order valence-electron chi connectivity index (χ3n) is 5.97.